The molecular weight excluding hydrogens is 202 g/mol. The Morgan fingerprint density at radius 2 is 2.12 bits per heavy atom. The number of nitrogens with one attached hydrogen (secondary N) is 2. The molecule has 0 fully saturated rings. The fourth-order valence-electron chi connectivity index (χ4n) is 1.37. The smallest absolute Gasteiger partial charge is 0.251 e. The number of carbonyl (C=O) groups excluding carboxylic acids is 1. The van der Waals surface area contributed by atoms with Gasteiger partial charge in [0.15, 0.2) is 0 Å². The van der Waals surface area contributed by atoms with Crippen molar-refractivity contribution < 1.29 is 4.79 Å². The summed E-state index contributed by atoms with van der Waals surface area (Å²) in [6, 6.07) is 3.60. The number of carbonyl (C=O) groups is 1. The number of hydrogen-bond donors (Lipinski definition) is 2. The van der Waals surface area contributed by atoms with E-state index >= 15 is 0 Å². The Balaban J connectivity index is 3.08. The van der Waals surface area contributed by atoms with Gasteiger partial charge in [0.25, 0.3) is 5.91 Å². The van der Waals surface area contributed by atoms with E-state index in [-0.39, 0.29) is 5.91 Å². The summed E-state index contributed by atoms with van der Waals surface area (Å²) in [7, 11) is 1.80. The van der Waals surface area contributed by atoms with Crippen molar-refractivity contribution in [3.05, 3.63) is 23.4 Å². The van der Waals surface area contributed by atoms with Crippen molar-refractivity contribution >= 4 is 11.7 Å². The van der Waals surface area contributed by atoms with Gasteiger partial charge < -0.3 is 10.6 Å². The fraction of sp³-hybridized carbons (Fsp3) is 0.500. The topological polar surface area (TPSA) is 54.0 Å². The van der Waals surface area contributed by atoms with E-state index in [4.69, 9.17) is 0 Å². The van der Waals surface area contributed by atoms with E-state index in [0.717, 1.165) is 11.5 Å². The second-order valence-electron chi connectivity index (χ2n) is 3.93. The third-order valence-electron chi connectivity index (χ3n) is 2.29. The van der Waals surface area contributed by atoms with Gasteiger partial charge in [-0.05, 0) is 25.0 Å². The molecule has 0 aliphatic carbocycles. The van der Waals surface area contributed by atoms with Gasteiger partial charge in [-0.2, -0.15) is 0 Å². The van der Waals surface area contributed by atoms with Gasteiger partial charge in [-0.1, -0.05) is 13.8 Å². The molecule has 2 N–H and O–H groups in total. The van der Waals surface area contributed by atoms with Crippen LogP contribution < -0.4 is 10.6 Å². The summed E-state index contributed by atoms with van der Waals surface area (Å²) >= 11 is 0. The number of hydrogen-bond acceptors (Lipinski definition) is 3. The molecule has 0 atom stereocenters. The van der Waals surface area contributed by atoms with Crippen LogP contribution in [0.2, 0.25) is 0 Å². The van der Waals surface area contributed by atoms with E-state index in [2.05, 4.69) is 29.5 Å². The third kappa shape index (κ3) is 2.95. The van der Waals surface area contributed by atoms with Crippen LogP contribution in [0.3, 0.4) is 0 Å². The lowest BCUT2D eigenvalue weighted by atomic mass is 10.1. The molecule has 0 aliphatic rings. The first kappa shape index (κ1) is 12.5. The minimum atomic E-state index is -0.0525. The lowest BCUT2D eigenvalue weighted by Gasteiger charge is -2.10. The van der Waals surface area contributed by atoms with Gasteiger partial charge >= 0.3 is 0 Å². The maximum Gasteiger partial charge on any atom is 0.251 e. The van der Waals surface area contributed by atoms with E-state index < -0.39 is 0 Å². The van der Waals surface area contributed by atoms with Crippen molar-refractivity contribution in [2.24, 2.45) is 0 Å². The zero-order valence-electron chi connectivity index (χ0n) is 10.3. The number of amides is 1. The highest BCUT2D eigenvalue weighted by Crippen LogP contribution is 2.17. The molecule has 1 rings (SSSR count). The van der Waals surface area contributed by atoms with Crippen molar-refractivity contribution in [1.29, 1.82) is 0 Å². The Morgan fingerprint density at radius 1 is 1.44 bits per heavy atom. The van der Waals surface area contributed by atoms with Gasteiger partial charge in [0, 0.05) is 24.8 Å². The van der Waals surface area contributed by atoms with Crippen LogP contribution >= 0.6 is 0 Å². The van der Waals surface area contributed by atoms with Crippen LogP contribution in [0.1, 0.15) is 42.7 Å². The first-order valence-corrected chi connectivity index (χ1v) is 5.56. The lowest BCUT2D eigenvalue weighted by Crippen LogP contribution is -2.23. The van der Waals surface area contributed by atoms with Crippen LogP contribution in [0.5, 0.6) is 0 Å². The minimum absolute atomic E-state index is 0.0525. The molecule has 0 aromatic carbocycles. The van der Waals surface area contributed by atoms with Crippen molar-refractivity contribution in [3.63, 3.8) is 0 Å². The molecule has 0 unspecified atom stereocenters. The minimum Gasteiger partial charge on any atom is -0.373 e. The molecule has 16 heavy (non-hydrogen) atoms. The largest absolute Gasteiger partial charge is 0.373 e. The van der Waals surface area contributed by atoms with Crippen molar-refractivity contribution in [2.75, 3.05) is 18.9 Å². The molecule has 0 saturated carbocycles. The van der Waals surface area contributed by atoms with Gasteiger partial charge in [0.2, 0.25) is 0 Å². The van der Waals surface area contributed by atoms with Gasteiger partial charge in [-0.15, -0.1) is 0 Å². The first-order chi connectivity index (χ1) is 7.58. The summed E-state index contributed by atoms with van der Waals surface area (Å²) in [5.74, 6) is 0.984. The number of aromatic nitrogens is 1. The molecule has 1 amide bonds. The normalized spacial score (nSPS) is 10.3. The van der Waals surface area contributed by atoms with Crippen molar-refractivity contribution in [2.45, 2.75) is 26.7 Å². The summed E-state index contributed by atoms with van der Waals surface area (Å²) in [6.07, 6.45) is 0. The fourth-order valence-corrected chi connectivity index (χ4v) is 1.37. The second kappa shape index (κ2) is 5.49. The highest BCUT2D eigenvalue weighted by Gasteiger charge is 2.10. The third-order valence-corrected chi connectivity index (χ3v) is 2.29. The molecule has 0 spiro atoms. The van der Waals surface area contributed by atoms with Gasteiger partial charge in [-0.3, -0.25) is 4.79 Å². The monoisotopic (exact) mass is 221 g/mol. The van der Waals surface area contributed by atoms with Gasteiger partial charge in [-0.25, -0.2) is 4.98 Å². The lowest BCUT2D eigenvalue weighted by molar-refractivity contribution is 0.0955. The average molecular weight is 221 g/mol. The molecule has 4 heteroatoms. The Kier molecular flexibility index (Phi) is 4.28. The highest BCUT2D eigenvalue weighted by molar-refractivity contribution is 5.95. The zero-order valence-corrected chi connectivity index (χ0v) is 10.3. The van der Waals surface area contributed by atoms with E-state index in [1.54, 1.807) is 13.1 Å². The summed E-state index contributed by atoms with van der Waals surface area (Å²) in [4.78, 5) is 16.1. The molecule has 1 aromatic heterocycles. The molecule has 1 aromatic rings. The molecular formula is C12H19N3O. The van der Waals surface area contributed by atoms with E-state index in [0.29, 0.717) is 18.0 Å². The maximum atomic E-state index is 11.7. The first-order valence-electron chi connectivity index (χ1n) is 5.56. The Hall–Kier alpha value is -1.58. The van der Waals surface area contributed by atoms with Crippen LogP contribution in [0.25, 0.3) is 0 Å². The molecule has 4 nitrogen and oxygen atoms in total. The van der Waals surface area contributed by atoms with Crippen LogP contribution in [-0.4, -0.2) is 24.5 Å². The van der Waals surface area contributed by atoms with E-state index in [1.165, 1.54) is 0 Å². The van der Waals surface area contributed by atoms with Crippen molar-refractivity contribution in [3.8, 4) is 0 Å². The Morgan fingerprint density at radius 3 is 2.62 bits per heavy atom. The molecule has 1 heterocycles. The Bertz CT molecular complexity index is 375. The van der Waals surface area contributed by atoms with Crippen molar-refractivity contribution in [1.82, 2.24) is 10.3 Å². The Labute approximate surface area is 96.5 Å². The molecule has 88 valence electrons. The summed E-state index contributed by atoms with van der Waals surface area (Å²) in [6.45, 7) is 6.65. The number of nitrogens with zero attached hydrogens (tertiary/aromatic N) is 1. The summed E-state index contributed by atoms with van der Waals surface area (Å²) < 4.78 is 0. The van der Waals surface area contributed by atoms with E-state index in [9.17, 15) is 4.79 Å². The van der Waals surface area contributed by atoms with Crippen LogP contribution in [0, 0.1) is 0 Å². The van der Waals surface area contributed by atoms with Gasteiger partial charge in [0.05, 0.1) is 0 Å². The quantitative estimate of drug-likeness (QED) is 0.817. The van der Waals surface area contributed by atoms with Crippen LogP contribution in [-0.2, 0) is 0 Å². The summed E-state index contributed by atoms with van der Waals surface area (Å²) in [5, 5.41) is 5.75. The van der Waals surface area contributed by atoms with Crippen LogP contribution in [0.4, 0.5) is 5.82 Å². The predicted molar refractivity (Wildman–Crippen MR) is 65.9 cm³/mol. The average Bonchev–Trinajstić information content (AvgIpc) is 2.28. The van der Waals surface area contributed by atoms with Crippen LogP contribution in [0.15, 0.2) is 12.1 Å². The zero-order chi connectivity index (χ0) is 12.1. The SMILES string of the molecule is CCNC(=O)c1cc(NC)nc(C(C)C)c1. The van der Waals surface area contributed by atoms with E-state index in [1.807, 2.05) is 13.0 Å². The maximum absolute atomic E-state index is 11.7. The molecule has 0 saturated heterocycles. The molecule has 0 aliphatic heterocycles. The molecule has 0 radical (unpaired) electrons. The predicted octanol–water partition coefficient (Wildman–Crippen LogP) is 2.00. The molecule has 0 bridgehead atoms. The summed E-state index contributed by atoms with van der Waals surface area (Å²) in [5.41, 5.74) is 1.58. The number of anilines is 1. The second-order valence-corrected chi connectivity index (χ2v) is 3.93. The standard InChI is InChI=1S/C12H19N3O/c1-5-14-12(16)9-6-10(8(2)3)15-11(7-9)13-4/h6-8H,5H2,1-4H3,(H,13,15)(H,14,16). The number of pyridine rings is 1. The van der Waals surface area contributed by atoms with Gasteiger partial charge in [0.1, 0.15) is 5.82 Å². The highest BCUT2D eigenvalue weighted by atomic mass is 16.1. The number of rotatable bonds is 4.